The second kappa shape index (κ2) is 14.0. The van der Waals surface area contributed by atoms with Crippen molar-refractivity contribution < 1.29 is 9.59 Å². The van der Waals surface area contributed by atoms with Crippen LogP contribution >= 0.6 is 0 Å². The van der Waals surface area contributed by atoms with Crippen molar-refractivity contribution in [3.05, 3.63) is 48.0 Å². The zero-order valence-corrected chi connectivity index (χ0v) is 20.3. The van der Waals surface area contributed by atoms with E-state index in [0.717, 1.165) is 63.1 Å². The maximum Gasteiger partial charge on any atom is 0.226 e. The van der Waals surface area contributed by atoms with Crippen molar-refractivity contribution in [2.24, 2.45) is 11.7 Å². The summed E-state index contributed by atoms with van der Waals surface area (Å²) in [5, 5.41) is 2.41. The number of rotatable bonds is 14. The van der Waals surface area contributed by atoms with Crippen LogP contribution in [0.1, 0.15) is 89.0 Å². The Morgan fingerprint density at radius 2 is 1.52 bits per heavy atom. The van der Waals surface area contributed by atoms with Crippen molar-refractivity contribution >= 4 is 22.6 Å². The van der Waals surface area contributed by atoms with Gasteiger partial charge in [0, 0.05) is 19.5 Å². The molecule has 0 unspecified atom stereocenters. The van der Waals surface area contributed by atoms with Crippen LogP contribution < -0.4 is 5.73 Å². The molecule has 0 aliphatic heterocycles. The van der Waals surface area contributed by atoms with Crippen LogP contribution in [0.2, 0.25) is 0 Å². The molecule has 2 amide bonds. The second-order valence-corrected chi connectivity index (χ2v) is 9.87. The van der Waals surface area contributed by atoms with Crippen LogP contribution in [0.5, 0.6) is 0 Å². The maximum absolute atomic E-state index is 13.2. The standard InChI is InChI=1S/C29H42N2O2/c30-28(32)17-7-2-1-3-10-20-31(21-11-14-24-12-5-4-6-13-24)29(33)23-25-18-19-26-15-8-9-16-27(26)22-25/h8-9,15-16,18-19,22,24H,1-7,10-14,17,20-21,23H2,(H2,30,32). The van der Waals surface area contributed by atoms with Gasteiger partial charge in [-0.15, -0.1) is 0 Å². The van der Waals surface area contributed by atoms with Gasteiger partial charge in [0.15, 0.2) is 0 Å². The number of unbranched alkanes of at least 4 members (excludes halogenated alkanes) is 4. The van der Waals surface area contributed by atoms with Crippen LogP contribution in [0.15, 0.2) is 42.5 Å². The van der Waals surface area contributed by atoms with Crippen LogP contribution in [0.3, 0.4) is 0 Å². The van der Waals surface area contributed by atoms with Crippen LogP contribution in [0.4, 0.5) is 0 Å². The molecule has 3 rings (SSSR count). The number of benzene rings is 2. The Hall–Kier alpha value is -2.36. The molecule has 0 atom stereocenters. The van der Waals surface area contributed by atoms with E-state index in [2.05, 4.69) is 47.4 Å². The van der Waals surface area contributed by atoms with Crippen molar-refractivity contribution in [3.63, 3.8) is 0 Å². The van der Waals surface area contributed by atoms with Gasteiger partial charge in [-0.25, -0.2) is 0 Å². The number of carbonyl (C=O) groups excluding carboxylic acids is 2. The molecule has 1 aliphatic carbocycles. The van der Waals surface area contributed by atoms with Gasteiger partial charge in [-0.3, -0.25) is 9.59 Å². The minimum atomic E-state index is -0.210. The molecule has 2 aromatic carbocycles. The van der Waals surface area contributed by atoms with Crippen molar-refractivity contribution in [1.29, 1.82) is 0 Å². The van der Waals surface area contributed by atoms with Crippen molar-refractivity contribution in [1.82, 2.24) is 4.90 Å². The first kappa shape index (κ1) is 25.3. The van der Waals surface area contributed by atoms with Gasteiger partial charge in [-0.05, 0) is 47.9 Å². The largest absolute Gasteiger partial charge is 0.370 e. The number of primary amides is 1. The molecule has 0 bridgehead atoms. The Morgan fingerprint density at radius 3 is 2.30 bits per heavy atom. The third kappa shape index (κ3) is 9.19. The Morgan fingerprint density at radius 1 is 0.818 bits per heavy atom. The van der Waals surface area contributed by atoms with Gasteiger partial charge >= 0.3 is 0 Å². The van der Waals surface area contributed by atoms with Crippen LogP contribution in [0.25, 0.3) is 10.8 Å². The zero-order valence-electron chi connectivity index (χ0n) is 20.3. The highest BCUT2D eigenvalue weighted by atomic mass is 16.2. The number of hydrogen-bond donors (Lipinski definition) is 1. The van der Waals surface area contributed by atoms with E-state index in [1.807, 2.05) is 0 Å². The highest BCUT2D eigenvalue weighted by Gasteiger charge is 2.17. The number of fused-ring (bicyclic) bond motifs is 1. The lowest BCUT2D eigenvalue weighted by Crippen LogP contribution is -2.34. The van der Waals surface area contributed by atoms with E-state index < -0.39 is 0 Å². The number of amides is 2. The van der Waals surface area contributed by atoms with Gasteiger partial charge < -0.3 is 10.6 Å². The molecule has 0 radical (unpaired) electrons. The average molecular weight is 451 g/mol. The summed E-state index contributed by atoms with van der Waals surface area (Å²) in [5.41, 5.74) is 6.32. The lowest BCUT2D eigenvalue weighted by Gasteiger charge is -2.26. The number of hydrogen-bond acceptors (Lipinski definition) is 2. The number of nitrogens with zero attached hydrogens (tertiary/aromatic N) is 1. The minimum Gasteiger partial charge on any atom is -0.370 e. The Kier molecular flexibility index (Phi) is 10.7. The molecule has 0 spiro atoms. The van der Waals surface area contributed by atoms with E-state index >= 15 is 0 Å². The molecule has 33 heavy (non-hydrogen) atoms. The first-order valence-corrected chi connectivity index (χ1v) is 13.2. The smallest absolute Gasteiger partial charge is 0.226 e. The van der Waals surface area contributed by atoms with Gasteiger partial charge in [-0.2, -0.15) is 0 Å². The summed E-state index contributed by atoms with van der Waals surface area (Å²) in [7, 11) is 0. The SMILES string of the molecule is NC(=O)CCCCCCCN(CCCC1CCCCC1)C(=O)Cc1ccc2ccccc2c1. The fraction of sp³-hybridized carbons (Fsp3) is 0.586. The fourth-order valence-corrected chi connectivity index (χ4v) is 5.18. The van der Waals surface area contributed by atoms with Gasteiger partial charge in [0.2, 0.25) is 11.8 Å². The van der Waals surface area contributed by atoms with E-state index in [4.69, 9.17) is 5.73 Å². The summed E-state index contributed by atoms with van der Waals surface area (Å²) in [4.78, 5) is 26.2. The summed E-state index contributed by atoms with van der Waals surface area (Å²) >= 11 is 0. The lowest BCUT2D eigenvalue weighted by molar-refractivity contribution is -0.130. The molecule has 4 heteroatoms. The first-order valence-electron chi connectivity index (χ1n) is 13.2. The third-order valence-electron chi connectivity index (χ3n) is 7.14. The molecule has 1 saturated carbocycles. The van der Waals surface area contributed by atoms with E-state index in [0.29, 0.717) is 12.8 Å². The summed E-state index contributed by atoms with van der Waals surface area (Å²) in [6, 6.07) is 14.7. The molecule has 2 aromatic rings. The van der Waals surface area contributed by atoms with Crippen LogP contribution in [-0.2, 0) is 16.0 Å². The Labute approximate surface area is 199 Å². The van der Waals surface area contributed by atoms with E-state index in [1.54, 1.807) is 0 Å². The van der Waals surface area contributed by atoms with Crippen molar-refractivity contribution in [2.75, 3.05) is 13.1 Å². The van der Waals surface area contributed by atoms with Gasteiger partial charge in [0.1, 0.15) is 0 Å². The molecule has 0 saturated heterocycles. The highest BCUT2D eigenvalue weighted by Crippen LogP contribution is 2.27. The normalized spacial score (nSPS) is 14.4. The van der Waals surface area contributed by atoms with Crippen LogP contribution in [0, 0.1) is 5.92 Å². The molecule has 0 aromatic heterocycles. The quantitative estimate of drug-likeness (QED) is 0.339. The van der Waals surface area contributed by atoms with E-state index in [1.165, 1.54) is 49.3 Å². The fourth-order valence-electron chi connectivity index (χ4n) is 5.18. The topological polar surface area (TPSA) is 63.4 Å². The van der Waals surface area contributed by atoms with Crippen LogP contribution in [-0.4, -0.2) is 29.8 Å². The zero-order chi connectivity index (χ0) is 23.3. The average Bonchev–Trinajstić information content (AvgIpc) is 2.82. The molecule has 1 fully saturated rings. The Bertz CT molecular complexity index is 873. The second-order valence-electron chi connectivity index (χ2n) is 9.87. The molecule has 0 heterocycles. The van der Waals surface area contributed by atoms with Gasteiger partial charge in [-0.1, -0.05) is 93.8 Å². The Balaban J connectivity index is 1.49. The molecule has 180 valence electrons. The maximum atomic E-state index is 13.2. The summed E-state index contributed by atoms with van der Waals surface area (Å²) < 4.78 is 0. The van der Waals surface area contributed by atoms with Gasteiger partial charge in [0.05, 0.1) is 6.42 Å². The van der Waals surface area contributed by atoms with Crippen molar-refractivity contribution in [3.8, 4) is 0 Å². The minimum absolute atomic E-state index is 0.210. The molecular formula is C29H42N2O2. The first-order chi connectivity index (χ1) is 16.1. The molecule has 2 N–H and O–H groups in total. The summed E-state index contributed by atoms with van der Waals surface area (Å²) in [6.45, 7) is 1.72. The predicted octanol–water partition coefficient (Wildman–Crippen LogP) is 6.40. The molecule has 4 nitrogen and oxygen atoms in total. The van der Waals surface area contributed by atoms with E-state index in [-0.39, 0.29) is 11.8 Å². The molecule has 1 aliphatic rings. The summed E-state index contributed by atoms with van der Waals surface area (Å²) in [6.07, 6.45) is 15.4. The lowest BCUT2D eigenvalue weighted by atomic mass is 9.86. The number of carbonyl (C=O) groups is 2. The monoisotopic (exact) mass is 450 g/mol. The molecular weight excluding hydrogens is 408 g/mol. The summed E-state index contributed by atoms with van der Waals surface area (Å²) in [5.74, 6) is 0.905. The van der Waals surface area contributed by atoms with Crippen molar-refractivity contribution in [2.45, 2.75) is 89.9 Å². The highest BCUT2D eigenvalue weighted by molar-refractivity contribution is 5.85. The van der Waals surface area contributed by atoms with Gasteiger partial charge in [0.25, 0.3) is 0 Å². The van der Waals surface area contributed by atoms with E-state index in [9.17, 15) is 9.59 Å². The predicted molar refractivity (Wildman–Crippen MR) is 137 cm³/mol. The third-order valence-corrected chi connectivity index (χ3v) is 7.14. The number of nitrogens with two attached hydrogens (primary N) is 1.